The summed E-state index contributed by atoms with van der Waals surface area (Å²) in [7, 11) is 0. The molecule has 0 spiro atoms. The van der Waals surface area contributed by atoms with E-state index in [1.54, 1.807) is 11.6 Å². The molecule has 1 aromatic carbocycles. The van der Waals surface area contributed by atoms with Gasteiger partial charge in [-0.1, -0.05) is 37.3 Å². The van der Waals surface area contributed by atoms with Gasteiger partial charge in [-0.15, -0.1) is 0 Å². The Bertz CT molecular complexity index is 1030. The molecule has 25 heavy (non-hydrogen) atoms. The maximum Gasteiger partial charge on any atom is 0.372 e. The topological polar surface area (TPSA) is 101 Å². The van der Waals surface area contributed by atoms with Crippen LogP contribution < -0.4 is 5.32 Å². The van der Waals surface area contributed by atoms with Crippen molar-refractivity contribution in [1.29, 1.82) is 0 Å². The molecule has 3 heterocycles. The molecule has 0 saturated carbocycles. The van der Waals surface area contributed by atoms with E-state index in [0.29, 0.717) is 4.96 Å². The van der Waals surface area contributed by atoms with E-state index in [-0.39, 0.29) is 23.6 Å². The Labute approximate surface area is 146 Å². The molecule has 0 aliphatic carbocycles. The molecule has 8 nitrogen and oxygen atoms in total. The number of benzene rings is 1. The average molecular weight is 356 g/mol. The van der Waals surface area contributed by atoms with Crippen molar-refractivity contribution in [3.05, 3.63) is 51.8 Å². The number of aromatic amines is 1. The first-order chi connectivity index (χ1) is 12.0. The first kappa shape index (κ1) is 15.6. The van der Waals surface area contributed by atoms with Crippen LogP contribution in [0, 0.1) is 16.0 Å². The molecular weight excluding hydrogens is 340 g/mol. The second kappa shape index (κ2) is 5.85. The number of rotatable bonds is 5. The first-order valence-corrected chi connectivity index (χ1v) is 8.73. The third kappa shape index (κ3) is 2.62. The van der Waals surface area contributed by atoms with Crippen LogP contribution in [0.2, 0.25) is 0 Å². The zero-order valence-corrected chi connectivity index (χ0v) is 14.4. The molecule has 1 atom stereocenters. The number of H-pyrrole nitrogens is 1. The fourth-order valence-electron chi connectivity index (χ4n) is 2.86. The third-order valence-corrected chi connectivity index (χ3v) is 4.83. The van der Waals surface area contributed by atoms with E-state index < -0.39 is 4.92 Å². The van der Waals surface area contributed by atoms with Gasteiger partial charge in [0, 0.05) is 5.38 Å². The Hall–Kier alpha value is -2.94. The lowest BCUT2D eigenvalue weighted by molar-refractivity contribution is -0.389. The van der Waals surface area contributed by atoms with Crippen LogP contribution in [0.25, 0.3) is 16.0 Å². The highest BCUT2D eigenvalue weighted by molar-refractivity contribution is 7.15. The quantitative estimate of drug-likeness (QED) is 0.416. The van der Waals surface area contributed by atoms with Crippen molar-refractivity contribution in [2.75, 3.05) is 5.32 Å². The predicted octanol–water partition coefficient (Wildman–Crippen LogP) is 3.99. The number of nitrogens with zero attached hydrogens (tertiary/aromatic N) is 4. The number of nitrogens with one attached hydrogen (secondary N) is 2. The standard InChI is InChI=1S/C16H16N6O2S/c1-9(2)12(13-17-10-5-3-4-6-11(10)18-13)19-14-15(22(23)24)21-7-8-25-16(21)20-14/h3-9,12,19H,1-2H3,(H,17,18)/t12-/m0/s1. The van der Waals surface area contributed by atoms with E-state index in [0.717, 1.165) is 16.9 Å². The number of fused-ring (bicyclic) bond motifs is 2. The van der Waals surface area contributed by atoms with Gasteiger partial charge in [-0.25, -0.2) is 4.98 Å². The molecule has 0 amide bonds. The van der Waals surface area contributed by atoms with E-state index in [1.807, 2.05) is 38.1 Å². The van der Waals surface area contributed by atoms with Gasteiger partial charge in [0.25, 0.3) is 4.96 Å². The highest BCUT2D eigenvalue weighted by Crippen LogP contribution is 2.33. The molecule has 4 aromatic rings. The zero-order valence-electron chi connectivity index (χ0n) is 13.6. The maximum absolute atomic E-state index is 11.5. The molecule has 0 unspecified atom stereocenters. The van der Waals surface area contributed by atoms with Gasteiger partial charge in [0.1, 0.15) is 12.0 Å². The summed E-state index contributed by atoms with van der Waals surface area (Å²) in [6.45, 7) is 4.07. The summed E-state index contributed by atoms with van der Waals surface area (Å²) in [5, 5.41) is 16.5. The van der Waals surface area contributed by atoms with Crippen LogP contribution >= 0.6 is 11.3 Å². The van der Waals surface area contributed by atoms with Crippen molar-refractivity contribution in [2.45, 2.75) is 19.9 Å². The van der Waals surface area contributed by atoms with Crippen molar-refractivity contribution in [3.63, 3.8) is 0 Å². The molecule has 0 aliphatic heterocycles. The van der Waals surface area contributed by atoms with Crippen LogP contribution in [0.15, 0.2) is 35.8 Å². The molecule has 0 bridgehead atoms. The second-order valence-corrected chi connectivity index (χ2v) is 6.97. The molecular formula is C16H16N6O2S. The van der Waals surface area contributed by atoms with Crippen molar-refractivity contribution >= 4 is 39.0 Å². The molecule has 9 heteroatoms. The third-order valence-electron chi connectivity index (χ3n) is 4.07. The monoisotopic (exact) mass is 356 g/mol. The summed E-state index contributed by atoms with van der Waals surface area (Å²) in [5.74, 6) is 1.09. The van der Waals surface area contributed by atoms with Gasteiger partial charge in [0.15, 0.2) is 0 Å². The highest BCUT2D eigenvalue weighted by Gasteiger charge is 2.28. The van der Waals surface area contributed by atoms with Crippen LogP contribution in [-0.4, -0.2) is 24.3 Å². The molecule has 0 aliphatic rings. The maximum atomic E-state index is 11.5. The fourth-order valence-corrected chi connectivity index (χ4v) is 3.57. The van der Waals surface area contributed by atoms with Gasteiger partial charge < -0.3 is 20.4 Å². The lowest BCUT2D eigenvalue weighted by Gasteiger charge is -2.19. The Morgan fingerprint density at radius 2 is 2.12 bits per heavy atom. The Morgan fingerprint density at radius 1 is 1.32 bits per heavy atom. The Morgan fingerprint density at radius 3 is 2.84 bits per heavy atom. The van der Waals surface area contributed by atoms with Crippen molar-refractivity contribution in [3.8, 4) is 0 Å². The summed E-state index contributed by atoms with van der Waals surface area (Å²) >= 11 is 1.36. The number of nitro groups is 1. The number of aromatic nitrogens is 4. The molecule has 0 saturated heterocycles. The van der Waals surface area contributed by atoms with Gasteiger partial charge in [-0.05, 0) is 23.0 Å². The molecule has 4 rings (SSSR count). The van der Waals surface area contributed by atoms with Gasteiger partial charge in [0.05, 0.1) is 17.1 Å². The minimum atomic E-state index is -0.412. The van der Waals surface area contributed by atoms with E-state index in [9.17, 15) is 10.1 Å². The number of imidazole rings is 2. The molecule has 2 N–H and O–H groups in total. The predicted molar refractivity (Wildman–Crippen MR) is 97.0 cm³/mol. The number of anilines is 1. The van der Waals surface area contributed by atoms with Gasteiger partial charge in [0.2, 0.25) is 5.82 Å². The first-order valence-electron chi connectivity index (χ1n) is 7.85. The number of hydrogen-bond donors (Lipinski definition) is 2. The molecule has 0 radical (unpaired) electrons. The van der Waals surface area contributed by atoms with E-state index in [1.165, 1.54) is 15.7 Å². The fraction of sp³-hybridized carbons (Fsp3) is 0.250. The lowest BCUT2D eigenvalue weighted by Crippen LogP contribution is -2.19. The summed E-state index contributed by atoms with van der Waals surface area (Å²) in [6.07, 6.45) is 1.65. The second-order valence-electron chi connectivity index (χ2n) is 6.10. The van der Waals surface area contributed by atoms with Crippen molar-refractivity contribution in [1.82, 2.24) is 19.4 Å². The molecule has 0 fully saturated rings. The van der Waals surface area contributed by atoms with Gasteiger partial charge >= 0.3 is 5.82 Å². The molecule has 128 valence electrons. The zero-order chi connectivity index (χ0) is 17.6. The van der Waals surface area contributed by atoms with Crippen LogP contribution in [0.1, 0.15) is 25.7 Å². The Kier molecular flexibility index (Phi) is 3.65. The summed E-state index contributed by atoms with van der Waals surface area (Å²) in [6, 6.07) is 7.53. The van der Waals surface area contributed by atoms with Crippen molar-refractivity contribution < 1.29 is 4.92 Å². The lowest BCUT2D eigenvalue weighted by atomic mass is 10.0. The normalized spacial score (nSPS) is 12.9. The van der Waals surface area contributed by atoms with Gasteiger partial charge in [-0.3, -0.25) is 0 Å². The van der Waals surface area contributed by atoms with Crippen molar-refractivity contribution in [2.24, 2.45) is 5.92 Å². The van der Waals surface area contributed by atoms with Crippen LogP contribution in [0.4, 0.5) is 11.6 Å². The minimum Gasteiger partial charge on any atom is -0.358 e. The number of para-hydroxylation sites is 2. The van der Waals surface area contributed by atoms with Crippen LogP contribution in [0.3, 0.4) is 0 Å². The largest absolute Gasteiger partial charge is 0.372 e. The van der Waals surface area contributed by atoms with E-state index in [4.69, 9.17) is 0 Å². The summed E-state index contributed by atoms with van der Waals surface area (Å²) < 4.78 is 1.49. The van der Waals surface area contributed by atoms with Crippen LogP contribution in [0.5, 0.6) is 0 Å². The highest BCUT2D eigenvalue weighted by atomic mass is 32.1. The van der Waals surface area contributed by atoms with Gasteiger partial charge in [-0.2, -0.15) is 9.38 Å². The smallest absolute Gasteiger partial charge is 0.358 e. The minimum absolute atomic E-state index is 0.0574. The Balaban J connectivity index is 1.77. The van der Waals surface area contributed by atoms with Crippen LogP contribution in [-0.2, 0) is 0 Å². The van der Waals surface area contributed by atoms with E-state index >= 15 is 0 Å². The average Bonchev–Trinajstić information content (AvgIpc) is 3.24. The number of hydrogen-bond acceptors (Lipinski definition) is 6. The summed E-state index contributed by atoms with van der Waals surface area (Å²) in [4.78, 5) is 24.0. The number of thiazole rings is 1. The molecule has 3 aromatic heterocycles. The SMILES string of the molecule is CC(C)[C@H](Nc1nc2sccn2c1[N+](=O)[O-])c1nc2ccccc2[nH]1. The summed E-state index contributed by atoms with van der Waals surface area (Å²) in [5.41, 5.74) is 1.80. The van der Waals surface area contributed by atoms with E-state index in [2.05, 4.69) is 20.3 Å².